The molecule has 0 saturated heterocycles. The molecule has 2 aromatic rings. The molecule has 0 N–H and O–H groups in total. The highest BCUT2D eigenvalue weighted by Gasteiger charge is 1.98. The van der Waals surface area contributed by atoms with Gasteiger partial charge in [-0.2, -0.15) is 0 Å². The predicted molar refractivity (Wildman–Crippen MR) is 56.1 cm³/mol. The second-order valence-corrected chi connectivity index (χ2v) is 3.40. The molecule has 1 radical (unpaired) electrons. The van der Waals surface area contributed by atoms with E-state index < -0.39 is 0 Å². The standard InChI is InChI=1S/C11H8ClN2/c1-8-13-6-10(7-14-8)9-3-2-4-11(12)5-9/h3-7H,1H3. The van der Waals surface area contributed by atoms with Crippen LogP contribution < -0.4 is 0 Å². The first-order valence-corrected chi connectivity index (χ1v) is 4.59. The lowest BCUT2D eigenvalue weighted by Gasteiger charge is -2.00. The van der Waals surface area contributed by atoms with Crippen molar-refractivity contribution in [3.8, 4) is 11.1 Å². The first kappa shape index (κ1) is 9.16. The van der Waals surface area contributed by atoms with E-state index in [0.29, 0.717) is 5.02 Å². The van der Waals surface area contributed by atoms with Gasteiger partial charge in [-0.3, -0.25) is 0 Å². The Bertz CT molecular complexity index is 437. The maximum absolute atomic E-state index is 5.85. The van der Waals surface area contributed by atoms with Crippen LogP contribution >= 0.6 is 11.6 Å². The Morgan fingerprint density at radius 2 is 1.86 bits per heavy atom. The van der Waals surface area contributed by atoms with Crippen LogP contribution in [-0.2, 0) is 0 Å². The van der Waals surface area contributed by atoms with Crippen molar-refractivity contribution in [2.45, 2.75) is 6.92 Å². The van der Waals surface area contributed by atoms with Gasteiger partial charge in [-0.05, 0) is 36.8 Å². The predicted octanol–water partition coefficient (Wildman–Crippen LogP) is 2.91. The van der Waals surface area contributed by atoms with E-state index in [0.717, 1.165) is 17.0 Å². The summed E-state index contributed by atoms with van der Waals surface area (Å²) in [6.45, 7) is 1.86. The molecule has 0 saturated carbocycles. The van der Waals surface area contributed by atoms with Crippen LogP contribution in [0.3, 0.4) is 0 Å². The van der Waals surface area contributed by atoms with E-state index in [1.807, 2.05) is 19.1 Å². The summed E-state index contributed by atoms with van der Waals surface area (Å²) in [7, 11) is 0. The zero-order valence-electron chi connectivity index (χ0n) is 7.66. The molecule has 2 nitrogen and oxygen atoms in total. The summed E-state index contributed by atoms with van der Waals surface area (Å²) in [5.74, 6) is 0.764. The maximum Gasteiger partial charge on any atom is 0.125 e. The van der Waals surface area contributed by atoms with Crippen LogP contribution in [-0.4, -0.2) is 9.97 Å². The third kappa shape index (κ3) is 1.91. The zero-order chi connectivity index (χ0) is 9.97. The Morgan fingerprint density at radius 3 is 2.50 bits per heavy atom. The van der Waals surface area contributed by atoms with Crippen molar-refractivity contribution >= 4 is 11.6 Å². The number of aromatic nitrogens is 2. The van der Waals surface area contributed by atoms with Crippen LogP contribution in [0.25, 0.3) is 11.1 Å². The second-order valence-electron chi connectivity index (χ2n) is 2.96. The Balaban J connectivity index is 2.44. The summed E-state index contributed by atoms with van der Waals surface area (Å²) in [5.41, 5.74) is 1.94. The lowest BCUT2D eigenvalue weighted by Crippen LogP contribution is -1.87. The minimum atomic E-state index is 0.670. The fraction of sp³-hybridized carbons (Fsp3) is 0.0909. The lowest BCUT2D eigenvalue weighted by molar-refractivity contribution is 1.06. The van der Waals surface area contributed by atoms with Gasteiger partial charge in [-0.15, -0.1) is 0 Å². The molecular weight excluding hydrogens is 196 g/mol. The number of nitrogens with zero attached hydrogens (tertiary/aromatic N) is 2. The van der Waals surface area contributed by atoms with Gasteiger partial charge in [0, 0.05) is 23.0 Å². The number of hydrogen-bond donors (Lipinski definition) is 0. The summed E-state index contributed by atoms with van der Waals surface area (Å²) in [6, 6.07) is 8.41. The van der Waals surface area contributed by atoms with Crippen LogP contribution in [0.2, 0.25) is 5.02 Å². The zero-order valence-corrected chi connectivity index (χ0v) is 8.42. The van der Waals surface area contributed by atoms with E-state index in [2.05, 4.69) is 16.0 Å². The fourth-order valence-electron chi connectivity index (χ4n) is 1.15. The Kier molecular flexibility index (Phi) is 2.46. The largest absolute Gasteiger partial charge is 0.241 e. The molecule has 0 fully saturated rings. The van der Waals surface area contributed by atoms with Gasteiger partial charge in [0.05, 0.1) is 0 Å². The van der Waals surface area contributed by atoms with E-state index in [4.69, 9.17) is 11.6 Å². The van der Waals surface area contributed by atoms with Gasteiger partial charge in [0.15, 0.2) is 0 Å². The molecule has 0 unspecified atom stereocenters. The Labute approximate surface area is 87.6 Å². The fourth-order valence-corrected chi connectivity index (χ4v) is 1.33. The second kappa shape index (κ2) is 3.76. The molecule has 1 aromatic carbocycles. The first-order valence-electron chi connectivity index (χ1n) is 4.21. The number of benzene rings is 1. The molecule has 69 valence electrons. The average Bonchev–Trinajstić information content (AvgIpc) is 2.19. The average molecular weight is 204 g/mol. The molecule has 2 rings (SSSR count). The number of aryl methyl sites for hydroxylation is 1. The summed E-state index contributed by atoms with van der Waals surface area (Å²) in [6.07, 6.45) is 3.56. The molecule has 0 atom stereocenters. The van der Waals surface area contributed by atoms with E-state index in [1.165, 1.54) is 0 Å². The van der Waals surface area contributed by atoms with E-state index in [-0.39, 0.29) is 0 Å². The van der Waals surface area contributed by atoms with Gasteiger partial charge in [0.1, 0.15) is 5.82 Å². The molecule has 0 aliphatic carbocycles. The molecule has 0 amide bonds. The van der Waals surface area contributed by atoms with Crippen molar-refractivity contribution in [1.82, 2.24) is 9.97 Å². The summed E-state index contributed by atoms with van der Waals surface area (Å²) in [5, 5.41) is 0.670. The quantitative estimate of drug-likeness (QED) is 0.712. The van der Waals surface area contributed by atoms with Crippen LogP contribution in [0.4, 0.5) is 0 Å². The molecule has 3 heteroatoms. The van der Waals surface area contributed by atoms with Gasteiger partial charge in [0.2, 0.25) is 0 Å². The lowest BCUT2D eigenvalue weighted by atomic mass is 10.1. The summed E-state index contributed by atoms with van der Waals surface area (Å²) < 4.78 is 0. The van der Waals surface area contributed by atoms with Crippen LogP contribution in [0.1, 0.15) is 5.82 Å². The van der Waals surface area contributed by atoms with Crippen molar-refractivity contribution in [2.24, 2.45) is 0 Å². The number of rotatable bonds is 1. The van der Waals surface area contributed by atoms with E-state index in [1.54, 1.807) is 18.5 Å². The van der Waals surface area contributed by atoms with Gasteiger partial charge in [0.25, 0.3) is 0 Å². The molecule has 0 aliphatic heterocycles. The van der Waals surface area contributed by atoms with Crippen molar-refractivity contribution < 1.29 is 0 Å². The van der Waals surface area contributed by atoms with Gasteiger partial charge in [-0.1, -0.05) is 11.6 Å². The topological polar surface area (TPSA) is 25.8 Å². The third-order valence-electron chi connectivity index (χ3n) is 1.87. The number of halogens is 1. The third-order valence-corrected chi connectivity index (χ3v) is 2.09. The monoisotopic (exact) mass is 203 g/mol. The molecule has 0 aliphatic rings. The van der Waals surface area contributed by atoms with Gasteiger partial charge >= 0.3 is 0 Å². The first-order chi connectivity index (χ1) is 6.75. The molecule has 0 spiro atoms. The molecule has 14 heavy (non-hydrogen) atoms. The Hall–Kier alpha value is -1.41. The van der Waals surface area contributed by atoms with Crippen molar-refractivity contribution in [1.29, 1.82) is 0 Å². The van der Waals surface area contributed by atoms with Crippen molar-refractivity contribution in [2.75, 3.05) is 0 Å². The van der Waals surface area contributed by atoms with E-state index in [9.17, 15) is 0 Å². The molecular formula is C11H8ClN2. The number of hydrogen-bond acceptors (Lipinski definition) is 2. The normalized spacial score (nSPS) is 10.1. The molecule has 1 aromatic heterocycles. The summed E-state index contributed by atoms with van der Waals surface area (Å²) in [4.78, 5) is 8.23. The highest BCUT2D eigenvalue weighted by molar-refractivity contribution is 6.30. The van der Waals surface area contributed by atoms with Crippen LogP contribution in [0, 0.1) is 13.0 Å². The Morgan fingerprint density at radius 1 is 1.14 bits per heavy atom. The van der Waals surface area contributed by atoms with Crippen molar-refractivity contribution in [3.63, 3.8) is 0 Å². The summed E-state index contributed by atoms with van der Waals surface area (Å²) >= 11 is 5.85. The minimum Gasteiger partial charge on any atom is -0.241 e. The smallest absolute Gasteiger partial charge is 0.125 e. The SMILES string of the molecule is Cc1ncc(-c2c[c]cc(Cl)c2)cn1. The van der Waals surface area contributed by atoms with E-state index >= 15 is 0 Å². The van der Waals surface area contributed by atoms with Crippen LogP contribution in [0.5, 0.6) is 0 Å². The molecule has 1 heterocycles. The van der Waals surface area contributed by atoms with Crippen LogP contribution in [0.15, 0.2) is 30.6 Å². The van der Waals surface area contributed by atoms with Crippen molar-refractivity contribution in [3.05, 3.63) is 47.5 Å². The van der Waals surface area contributed by atoms with Gasteiger partial charge in [-0.25, -0.2) is 9.97 Å². The van der Waals surface area contributed by atoms with Gasteiger partial charge < -0.3 is 0 Å². The highest BCUT2D eigenvalue weighted by atomic mass is 35.5. The highest BCUT2D eigenvalue weighted by Crippen LogP contribution is 2.20. The maximum atomic E-state index is 5.85. The minimum absolute atomic E-state index is 0.670. The molecule has 0 bridgehead atoms.